The first kappa shape index (κ1) is 15.4. The molecule has 0 aliphatic carbocycles. The molecule has 1 unspecified atom stereocenters. The van der Waals surface area contributed by atoms with Crippen LogP contribution in [0, 0.1) is 5.82 Å². The number of nitrogens with zero attached hydrogens (tertiary/aromatic N) is 1. The van der Waals surface area contributed by atoms with Crippen LogP contribution in [0.2, 0.25) is 0 Å². The van der Waals surface area contributed by atoms with Gasteiger partial charge in [0.1, 0.15) is 17.6 Å². The molecule has 1 atom stereocenters. The highest BCUT2D eigenvalue weighted by Gasteiger charge is 2.21. The summed E-state index contributed by atoms with van der Waals surface area (Å²) in [6.45, 7) is 1.25. The number of phenolic OH excluding ortho intramolecular Hbond substituents is 1. The summed E-state index contributed by atoms with van der Waals surface area (Å²) in [6.07, 6.45) is 0. The van der Waals surface area contributed by atoms with Gasteiger partial charge in [0.2, 0.25) is 0 Å². The van der Waals surface area contributed by atoms with Crippen LogP contribution < -0.4 is 5.32 Å². The standard InChI is InChI=1S/C13H19FN2O3/c1-16(2)5-4-15-12(13(18)19-3)9-6-10(14)8-11(17)7-9/h6-8,12,15,17H,4-5H2,1-3H3. The van der Waals surface area contributed by atoms with Crippen molar-refractivity contribution in [2.45, 2.75) is 6.04 Å². The Bertz CT molecular complexity index is 418. The molecule has 1 rings (SSSR count). The van der Waals surface area contributed by atoms with Gasteiger partial charge in [-0.05, 0) is 31.8 Å². The SMILES string of the molecule is COC(=O)C(NCCN(C)C)c1cc(O)cc(F)c1. The average Bonchev–Trinajstić information content (AvgIpc) is 2.32. The van der Waals surface area contributed by atoms with Crippen molar-refractivity contribution in [3.05, 3.63) is 29.6 Å². The van der Waals surface area contributed by atoms with Crippen LogP contribution in [0.4, 0.5) is 4.39 Å². The van der Waals surface area contributed by atoms with E-state index in [0.29, 0.717) is 12.1 Å². The highest BCUT2D eigenvalue weighted by atomic mass is 19.1. The Morgan fingerprint density at radius 2 is 2.16 bits per heavy atom. The molecule has 0 amide bonds. The zero-order chi connectivity index (χ0) is 14.4. The number of hydrogen-bond donors (Lipinski definition) is 2. The van der Waals surface area contributed by atoms with E-state index in [-0.39, 0.29) is 5.75 Å². The van der Waals surface area contributed by atoms with Gasteiger partial charge in [-0.1, -0.05) is 0 Å². The minimum Gasteiger partial charge on any atom is -0.508 e. The highest BCUT2D eigenvalue weighted by molar-refractivity contribution is 5.77. The molecular formula is C13H19FN2O3. The van der Waals surface area contributed by atoms with Gasteiger partial charge < -0.3 is 14.7 Å². The first-order valence-corrected chi connectivity index (χ1v) is 5.89. The van der Waals surface area contributed by atoms with Gasteiger partial charge in [-0.15, -0.1) is 0 Å². The van der Waals surface area contributed by atoms with Gasteiger partial charge >= 0.3 is 5.97 Å². The number of ether oxygens (including phenoxy) is 1. The average molecular weight is 270 g/mol. The summed E-state index contributed by atoms with van der Waals surface area (Å²) in [7, 11) is 5.08. The monoisotopic (exact) mass is 270 g/mol. The van der Waals surface area contributed by atoms with Gasteiger partial charge in [0.15, 0.2) is 0 Å². The number of phenols is 1. The fraction of sp³-hybridized carbons (Fsp3) is 0.462. The molecule has 1 aromatic carbocycles. The molecule has 0 fully saturated rings. The summed E-state index contributed by atoms with van der Waals surface area (Å²) in [6, 6.07) is 2.72. The molecule has 6 heteroatoms. The molecule has 0 aliphatic heterocycles. The molecule has 1 aromatic rings. The quantitative estimate of drug-likeness (QED) is 0.752. The van der Waals surface area contributed by atoms with Crippen LogP contribution in [0.5, 0.6) is 5.75 Å². The second kappa shape index (κ2) is 7.06. The highest BCUT2D eigenvalue weighted by Crippen LogP contribution is 2.21. The molecule has 0 aliphatic rings. The second-order valence-corrected chi connectivity index (χ2v) is 4.46. The third-order valence-electron chi connectivity index (χ3n) is 2.58. The minimum absolute atomic E-state index is 0.224. The van der Waals surface area contributed by atoms with Crippen LogP contribution in [0.1, 0.15) is 11.6 Å². The normalized spacial score (nSPS) is 12.5. The Balaban J connectivity index is 2.86. The third kappa shape index (κ3) is 4.84. The first-order valence-electron chi connectivity index (χ1n) is 5.89. The molecule has 0 spiro atoms. The predicted molar refractivity (Wildman–Crippen MR) is 69.4 cm³/mol. The van der Waals surface area contributed by atoms with Crippen LogP contribution in [0.3, 0.4) is 0 Å². The predicted octanol–water partition coefficient (Wildman–Crippen LogP) is 0.897. The van der Waals surface area contributed by atoms with Crippen LogP contribution >= 0.6 is 0 Å². The molecule has 19 heavy (non-hydrogen) atoms. The number of likely N-dealkylation sites (N-methyl/N-ethyl adjacent to an activating group) is 1. The summed E-state index contributed by atoms with van der Waals surface area (Å²) in [5.74, 6) is -1.35. The summed E-state index contributed by atoms with van der Waals surface area (Å²) in [4.78, 5) is 13.7. The largest absolute Gasteiger partial charge is 0.508 e. The lowest BCUT2D eigenvalue weighted by molar-refractivity contribution is -0.143. The third-order valence-corrected chi connectivity index (χ3v) is 2.58. The molecule has 2 N–H and O–H groups in total. The van der Waals surface area contributed by atoms with E-state index in [2.05, 4.69) is 10.1 Å². The van der Waals surface area contributed by atoms with Crippen molar-refractivity contribution in [2.24, 2.45) is 0 Å². The topological polar surface area (TPSA) is 61.8 Å². The summed E-state index contributed by atoms with van der Waals surface area (Å²) in [5, 5.41) is 12.4. The zero-order valence-electron chi connectivity index (χ0n) is 11.3. The Hall–Kier alpha value is -1.66. The van der Waals surface area contributed by atoms with Crippen molar-refractivity contribution in [3.8, 4) is 5.75 Å². The second-order valence-electron chi connectivity index (χ2n) is 4.46. The molecule has 5 nitrogen and oxygen atoms in total. The van der Waals surface area contributed by atoms with E-state index in [1.807, 2.05) is 19.0 Å². The van der Waals surface area contributed by atoms with E-state index < -0.39 is 17.8 Å². The van der Waals surface area contributed by atoms with Crippen molar-refractivity contribution in [3.63, 3.8) is 0 Å². The van der Waals surface area contributed by atoms with Crippen LogP contribution in [0.15, 0.2) is 18.2 Å². The number of rotatable bonds is 6. The Kier molecular flexibility index (Phi) is 5.72. The molecule has 0 aromatic heterocycles. The van der Waals surface area contributed by atoms with Gasteiger partial charge in [0.05, 0.1) is 7.11 Å². The molecule has 0 bridgehead atoms. The smallest absolute Gasteiger partial charge is 0.327 e. The van der Waals surface area contributed by atoms with Crippen molar-refractivity contribution >= 4 is 5.97 Å². The fourth-order valence-corrected chi connectivity index (χ4v) is 1.65. The van der Waals surface area contributed by atoms with E-state index in [1.54, 1.807) is 0 Å². The number of methoxy groups -OCH3 is 1. The maximum absolute atomic E-state index is 13.3. The molecule has 0 radical (unpaired) electrons. The van der Waals surface area contributed by atoms with E-state index in [1.165, 1.54) is 19.2 Å². The van der Waals surface area contributed by atoms with Crippen molar-refractivity contribution < 1.29 is 19.0 Å². The number of halogens is 1. The molecule has 0 heterocycles. The molecular weight excluding hydrogens is 251 g/mol. The summed E-state index contributed by atoms with van der Waals surface area (Å²) >= 11 is 0. The van der Waals surface area contributed by atoms with Gasteiger partial charge in [0.25, 0.3) is 0 Å². The van der Waals surface area contributed by atoms with Crippen LogP contribution in [-0.4, -0.2) is 50.3 Å². The molecule has 0 saturated heterocycles. The number of benzene rings is 1. The van der Waals surface area contributed by atoms with Crippen molar-refractivity contribution in [1.29, 1.82) is 0 Å². The lowest BCUT2D eigenvalue weighted by Crippen LogP contribution is -2.34. The molecule has 106 valence electrons. The van der Waals surface area contributed by atoms with Crippen molar-refractivity contribution in [1.82, 2.24) is 10.2 Å². The Morgan fingerprint density at radius 3 is 2.68 bits per heavy atom. The number of esters is 1. The van der Waals surface area contributed by atoms with E-state index >= 15 is 0 Å². The number of carbonyl (C=O) groups is 1. The number of aromatic hydroxyl groups is 1. The number of nitrogens with one attached hydrogen (secondary N) is 1. The van der Waals surface area contributed by atoms with Crippen LogP contribution in [-0.2, 0) is 9.53 Å². The van der Waals surface area contributed by atoms with E-state index in [4.69, 9.17) is 0 Å². The Morgan fingerprint density at radius 1 is 1.47 bits per heavy atom. The minimum atomic E-state index is -0.799. The fourth-order valence-electron chi connectivity index (χ4n) is 1.65. The summed E-state index contributed by atoms with van der Waals surface area (Å²) in [5.41, 5.74) is 0.336. The Labute approximate surface area is 112 Å². The molecule has 0 saturated carbocycles. The number of carbonyl (C=O) groups excluding carboxylic acids is 1. The zero-order valence-corrected chi connectivity index (χ0v) is 11.3. The van der Waals surface area contributed by atoms with Crippen molar-refractivity contribution in [2.75, 3.05) is 34.3 Å². The first-order chi connectivity index (χ1) is 8.93. The lowest BCUT2D eigenvalue weighted by Gasteiger charge is -2.18. The van der Waals surface area contributed by atoms with E-state index in [9.17, 15) is 14.3 Å². The lowest BCUT2D eigenvalue weighted by atomic mass is 10.1. The van der Waals surface area contributed by atoms with Gasteiger partial charge in [-0.25, -0.2) is 9.18 Å². The maximum Gasteiger partial charge on any atom is 0.327 e. The van der Waals surface area contributed by atoms with Gasteiger partial charge in [-0.2, -0.15) is 0 Å². The summed E-state index contributed by atoms with van der Waals surface area (Å²) < 4.78 is 17.9. The van der Waals surface area contributed by atoms with Gasteiger partial charge in [-0.3, -0.25) is 5.32 Å². The van der Waals surface area contributed by atoms with Gasteiger partial charge in [0, 0.05) is 19.2 Å². The van der Waals surface area contributed by atoms with Crippen LogP contribution in [0.25, 0.3) is 0 Å². The maximum atomic E-state index is 13.3. The van der Waals surface area contributed by atoms with E-state index in [0.717, 1.165) is 12.6 Å². The number of hydrogen-bond acceptors (Lipinski definition) is 5.